The molecule has 17 heavy (non-hydrogen) atoms. The van der Waals surface area contributed by atoms with Crippen LogP contribution in [0.25, 0.3) is 0 Å². The zero-order chi connectivity index (χ0) is 12.5. The molecule has 3 nitrogen and oxygen atoms in total. The molecule has 1 atom stereocenters. The van der Waals surface area contributed by atoms with Crippen LogP contribution in [0.4, 0.5) is 5.69 Å². The van der Waals surface area contributed by atoms with Gasteiger partial charge in [0.15, 0.2) is 5.96 Å². The molecule has 1 aliphatic heterocycles. The highest BCUT2D eigenvalue weighted by Crippen LogP contribution is 2.33. The average Bonchev–Trinajstić information content (AvgIpc) is 2.57. The lowest BCUT2D eigenvalue weighted by atomic mass is 9.94. The minimum Gasteiger partial charge on any atom is -0.369 e. The summed E-state index contributed by atoms with van der Waals surface area (Å²) in [5.74, 6) is 0.648. The van der Waals surface area contributed by atoms with Crippen LogP contribution in [0.3, 0.4) is 0 Å². The van der Waals surface area contributed by atoms with Gasteiger partial charge in [0.05, 0.1) is 12.1 Å². The molecule has 3 heteroatoms. The third-order valence-corrected chi connectivity index (χ3v) is 3.50. The zero-order valence-electron chi connectivity index (χ0n) is 10.9. The lowest BCUT2D eigenvalue weighted by Crippen LogP contribution is -2.50. The fourth-order valence-electron chi connectivity index (χ4n) is 2.63. The molecule has 1 unspecified atom stereocenters. The van der Waals surface area contributed by atoms with Crippen molar-refractivity contribution in [2.45, 2.75) is 39.2 Å². The largest absolute Gasteiger partial charge is 0.369 e. The van der Waals surface area contributed by atoms with E-state index in [1.54, 1.807) is 0 Å². The van der Waals surface area contributed by atoms with Gasteiger partial charge in [-0.15, -0.1) is 0 Å². The van der Waals surface area contributed by atoms with E-state index in [-0.39, 0.29) is 5.54 Å². The minimum absolute atomic E-state index is 0.0327. The SMILES string of the molecule is CCCC1(C)CN=C(N)N1c1ccccc1C. The molecular formula is C14H21N3. The Labute approximate surface area is 103 Å². The molecule has 0 fully saturated rings. The van der Waals surface area contributed by atoms with Gasteiger partial charge in [-0.3, -0.25) is 4.99 Å². The van der Waals surface area contributed by atoms with Gasteiger partial charge in [0.25, 0.3) is 0 Å². The number of hydrogen-bond donors (Lipinski definition) is 1. The van der Waals surface area contributed by atoms with Crippen LogP contribution in [0.15, 0.2) is 29.3 Å². The summed E-state index contributed by atoms with van der Waals surface area (Å²) in [7, 11) is 0. The molecule has 0 amide bonds. The molecule has 0 bridgehead atoms. The summed E-state index contributed by atoms with van der Waals surface area (Å²) in [6.07, 6.45) is 2.24. The second kappa shape index (κ2) is 4.40. The van der Waals surface area contributed by atoms with E-state index in [2.05, 4.69) is 54.9 Å². The van der Waals surface area contributed by atoms with Gasteiger partial charge in [0, 0.05) is 5.69 Å². The Kier molecular flexibility index (Phi) is 3.09. The van der Waals surface area contributed by atoms with E-state index in [9.17, 15) is 0 Å². The Morgan fingerprint density at radius 2 is 2.12 bits per heavy atom. The summed E-state index contributed by atoms with van der Waals surface area (Å²) < 4.78 is 0. The highest BCUT2D eigenvalue weighted by Gasteiger charge is 2.38. The maximum Gasteiger partial charge on any atom is 0.196 e. The second-order valence-corrected chi connectivity index (χ2v) is 5.04. The Hall–Kier alpha value is -1.51. The van der Waals surface area contributed by atoms with Crippen molar-refractivity contribution in [2.24, 2.45) is 10.7 Å². The minimum atomic E-state index is 0.0327. The summed E-state index contributed by atoms with van der Waals surface area (Å²) in [4.78, 5) is 6.63. The van der Waals surface area contributed by atoms with Crippen molar-refractivity contribution in [3.63, 3.8) is 0 Å². The zero-order valence-corrected chi connectivity index (χ0v) is 10.9. The third kappa shape index (κ3) is 2.02. The van der Waals surface area contributed by atoms with E-state index in [4.69, 9.17) is 5.73 Å². The summed E-state index contributed by atoms with van der Waals surface area (Å²) in [5.41, 5.74) is 8.52. The fourth-order valence-corrected chi connectivity index (χ4v) is 2.63. The molecule has 92 valence electrons. The summed E-state index contributed by atoms with van der Waals surface area (Å²) in [6, 6.07) is 8.35. The lowest BCUT2D eigenvalue weighted by Gasteiger charge is -2.37. The van der Waals surface area contributed by atoms with Crippen molar-refractivity contribution in [3.8, 4) is 0 Å². The van der Waals surface area contributed by atoms with Gasteiger partial charge in [-0.05, 0) is 31.9 Å². The van der Waals surface area contributed by atoms with Crippen LogP contribution < -0.4 is 10.6 Å². The van der Waals surface area contributed by atoms with Gasteiger partial charge < -0.3 is 10.6 Å². The molecule has 1 heterocycles. The van der Waals surface area contributed by atoms with Crippen molar-refractivity contribution >= 4 is 11.6 Å². The molecule has 0 aliphatic carbocycles. The Bertz CT molecular complexity index is 439. The molecule has 1 aromatic carbocycles. The number of para-hydroxylation sites is 1. The molecule has 0 radical (unpaired) electrons. The van der Waals surface area contributed by atoms with Crippen LogP contribution in [0.2, 0.25) is 0 Å². The first-order chi connectivity index (χ1) is 8.08. The molecule has 0 aromatic heterocycles. The van der Waals surface area contributed by atoms with Crippen LogP contribution in [0.1, 0.15) is 32.3 Å². The summed E-state index contributed by atoms with van der Waals surface area (Å²) in [5, 5.41) is 0. The van der Waals surface area contributed by atoms with Crippen LogP contribution >= 0.6 is 0 Å². The number of aliphatic imine (C=N–C) groups is 1. The normalized spacial score (nSPS) is 23.9. The molecule has 2 rings (SSSR count). The number of anilines is 1. The molecule has 2 N–H and O–H groups in total. The van der Waals surface area contributed by atoms with E-state index >= 15 is 0 Å². The van der Waals surface area contributed by atoms with E-state index in [0.29, 0.717) is 5.96 Å². The van der Waals surface area contributed by atoms with Crippen molar-refractivity contribution < 1.29 is 0 Å². The number of benzene rings is 1. The van der Waals surface area contributed by atoms with Crippen molar-refractivity contribution in [2.75, 3.05) is 11.4 Å². The number of guanidine groups is 1. The van der Waals surface area contributed by atoms with Crippen LogP contribution in [-0.2, 0) is 0 Å². The van der Waals surface area contributed by atoms with Crippen LogP contribution in [-0.4, -0.2) is 18.0 Å². The predicted octanol–water partition coefficient (Wildman–Crippen LogP) is 2.69. The number of hydrogen-bond acceptors (Lipinski definition) is 3. The standard InChI is InChI=1S/C14H21N3/c1-4-9-14(3)10-16-13(15)17(14)12-8-6-5-7-11(12)2/h5-8H,4,9-10H2,1-3H3,(H2,15,16). The van der Waals surface area contributed by atoms with Crippen LogP contribution in [0.5, 0.6) is 0 Å². The van der Waals surface area contributed by atoms with Gasteiger partial charge in [0.2, 0.25) is 0 Å². The van der Waals surface area contributed by atoms with E-state index in [0.717, 1.165) is 19.4 Å². The monoisotopic (exact) mass is 231 g/mol. The first-order valence-electron chi connectivity index (χ1n) is 6.24. The molecule has 0 saturated carbocycles. The van der Waals surface area contributed by atoms with Gasteiger partial charge in [0.1, 0.15) is 0 Å². The second-order valence-electron chi connectivity index (χ2n) is 5.04. The topological polar surface area (TPSA) is 41.6 Å². The number of nitrogens with zero attached hydrogens (tertiary/aromatic N) is 2. The number of aryl methyl sites for hydroxylation is 1. The fraction of sp³-hybridized carbons (Fsp3) is 0.500. The molecular weight excluding hydrogens is 210 g/mol. The van der Waals surface area contributed by atoms with Crippen molar-refractivity contribution in [3.05, 3.63) is 29.8 Å². The molecule has 1 aromatic rings. The van der Waals surface area contributed by atoms with Crippen molar-refractivity contribution in [1.82, 2.24) is 0 Å². The average molecular weight is 231 g/mol. The third-order valence-electron chi connectivity index (χ3n) is 3.50. The molecule has 1 aliphatic rings. The molecule has 0 spiro atoms. The number of rotatable bonds is 3. The predicted molar refractivity (Wildman–Crippen MR) is 73.5 cm³/mol. The van der Waals surface area contributed by atoms with E-state index in [1.807, 2.05) is 0 Å². The van der Waals surface area contributed by atoms with Crippen LogP contribution in [0, 0.1) is 6.92 Å². The smallest absolute Gasteiger partial charge is 0.196 e. The van der Waals surface area contributed by atoms with Gasteiger partial charge in [-0.2, -0.15) is 0 Å². The highest BCUT2D eigenvalue weighted by molar-refractivity contribution is 5.98. The van der Waals surface area contributed by atoms with E-state index in [1.165, 1.54) is 11.3 Å². The first-order valence-corrected chi connectivity index (χ1v) is 6.24. The maximum atomic E-state index is 6.06. The van der Waals surface area contributed by atoms with Crippen molar-refractivity contribution in [1.29, 1.82) is 0 Å². The highest BCUT2D eigenvalue weighted by atomic mass is 15.4. The van der Waals surface area contributed by atoms with Gasteiger partial charge in [-0.25, -0.2) is 0 Å². The molecule has 0 saturated heterocycles. The van der Waals surface area contributed by atoms with Gasteiger partial charge >= 0.3 is 0 Å². The van der Waals surface area contributed by atoms with E-state index < -0.39 is 0 Å². The summed E-state index contributed by atoms with van der Waals surface area (Å²) >= 11 is 0. The lowest BCUT2D eigenvalue weighted by molar-refractivity contribution is 0.457. The Morgan fingerprint density at radius 1 is 1.41 bits per heavy atom. The quantitative estimate of drug-likeness (QED) is 0.869. The first kappa shape index (κ1) is 12.0. The summed E-state index contributed by atoms with van der Waals surface area (Å²) in [6.45, 7) is 7.36. The number of nitrogens with two attached hydrogens (primary N) is 1. The Morgan fingerprint density at radius 3 is 2.76 bits per heavy atom. The van der Waals surface area contributed by atoms with Gasteiger partial charge in [-0.1, -0.05) is 31.5 Å². The maximum absolute atomic E-state index is 6.06. The Balaban J connectivity index is 2.41.